The van der Waals surface area contributed by atoms with E-state index in [1.165, 1.54) is 37.7 Å². The van der Waals surface area contributed by atoms with Crippen molar-refractivity contribution in [2.45, 2.75) is 65.0 Å². The Hall–Kier alpha value is -0.530. The molecule has 19 heavy (non-hydrogen) atoms. The van der Waals surface area contributed by atoms with Crippen molar-refractivity contribution >= 4 is 11.6 Å². The number of halogens is 1. The molecule has 106 valence electrons. The quantitative estimate of drug-likeness (QED) is 0.766. The van der Waals surface area contributed by atoms with Crippen LogP contribution in [0.2, 0.25) is 5.02 Å². The Bertz CT molecular complexity index is 396. The fourth-order valence-corrected chi connectivity index (χ4v) is 3.32. The largest absolute Gasteiger partial charge is 0.307 e. The highest BCUT2D eigenvalue weighted by atomic mass is 35.5. The van der Waals surface area contributed by atoms with Gasteiger partial charge in [-0.05, 0) is 48.8 Å². The average Bonchev–Trinajstić information content (AvgIpc) is 2.69. The van der Waals surface area contributed by atoms with Crippen molar-refractivity contribution in [1.29, 1.82) is 0 Å². The van der Waals surface area contributed by atoms with E-state index in [0.717, 1.165) is 5.02 Å². The minimum Gasteiger partial charge on any atom is -0.307 e. The second kappa shape index (κ2) is 6.28. The van der Waals surface area contributed by atoms with E-state index in [4.69, 9.17) is 11.6 Å². The minimum atomic E-state index is 0.473. The molecule has 1 fully saturated rings. The lowest BCUT2D eigenvalue weighted by Crippen LogP contribution is -2.31. The van der Waals surface area contributed by atoms with Gasteiger partial charge in [0.05, 0.1) is 0 Å². The van der Waals surface area contributed by atoms with Gasteiger partial charge in [-0.25, -0.2) is 0 Å². The molecule has 0 spiro atoms. The number of benzene rings is 1. The van der Waals surface area contributed by atoms with Crippen molar-refractivity contribution < 1.29 is 0 Å². The maximum absolute atomic E-state index is 5.98. The summed E-state index contributed by atoms with van der Waals surface area (Å²) in [5.74, 6) is 0. The van der Waals surface area contributed by atoms with Gasteiger partial charge in [0, 0.05) is 17.1 Å². The zero-order valence-electron chi connectivity index (χ0n) is 12.4. The Morgan fingerprint density at radius 3 is 2.53 bits per heavy atom. The van der Waals surface area contributed by atoms with Gasteiger partial charge >= 0.3 is 0 Å². The molecule has 2 unspecified atom stereocenters. The van der Waals surface area contributed by atoms with Crippen LogP contribution in [0.5, 0.6) is 0 Å². The van der Waals surface area contributed by atoms with Crippen LogP contribution >= 0.6 is 11.6 Å². The SMILES string of the molecule is CCCC(NC1CCC(C)(C)C1)c1ccc(Cl)cc1. The summed E-state index contributed by atoms with van der Waals surface area (Å²) in [4.78, 5) is 0. The van der Waals surface area contributed by atoms with Crippen molar-refractivity contribution in [3.63, 3.8) is 0 Å². The fraction of sp³-hybridized carbons (Fsp3) is 0.647. The molecule has 1 aliphatic carbocycles. The summed E-state index contributed by atoms with van der Waals surface area (Å²) in [6.07, 6.45) is 6.33. The van der Waals surface area contributed by atoms with Gasteiger partial charge in [0.2, 0.25) is 0 Å². The molecule has 1 aromatic carbocycles. The second-order valence-electron chi connectivity index (χ2n) is 6.66. The molecule has 0 heterocycles. The van der Waals surface area contributed by atoms with Crippen molar-refractivity contribution in [2.75, 3.05) is 0 Å². The summed E-state index contributed by atoms with van der Waals surface area (Å²) in [5.41, 5.74) is 1.88. The first-order valence-electron chi connectivity index (χ1n) is 7.52. The summed E-state index contributed by atoms with van der Waals surface area (Å²) in [6, 6.07) is 9.47. The highest BCUT2D eigenvalue weighted by Gasteiger charge is 2.31. The molecule has 1 nitrogen and oxygen atoms in total. The maximum Gasteiger partial charge on any atom is 0.0406 e. The van der Waals surface area contributed by atoms with Gasteiger partial charge in [0.25, 0.3) is 0 Å². The topological polar surface area (TPSA) is 12.0 Å². The Labute approximate surface area is 122 Å². The normalized spacial score (nSPS) is 23.5. The van der Waals surface area contributed by atoms with Crippen LogP contribution in [0.1, 0.15) is 64.5 Å². The summed E-state index contributed by atoms with van der Waals surface area (Å²) in [5, 5.41) is 4.69. The summed E-state index contributed by atoms with van der Waals surface area (Å²) >= 11 is 5.98. The van der Waals surface area contributed by atoms with E-state index in [2.05, 4.69) is 38.2 Å². The van der Waals surface area contributed by atoms with Gasteiger partial charge < -0.3 is 5.32 Å². The Balaban J connectivity index is 2.02. The average molecular weight is 280 g/mol. The number of nitrogens with one attached hydrogen (secondary N) is 1. The van der Waals surface area contributed by atoms with Crippen molar-refractivity contribution in [1.82, 2.24) is 5.32 Å². The van der Waals surface area contributed by atoms with Crippen LogP contribution in [-0.4, -0.2) is 6.04 Å². The predicted octanol–water partition coefficient (Wildman–Crippen LogP) is 5.35. The minimum absolute atomic E-state index is 0.473. The van der Waals surface area contributed by atoms with Crippen LogP contribution in [-0.2, 0) is 0 Å². The van der Waals surface area contributed by atoms with Gasteiger partial charge in [-0.3, -0.25) is 0 Å². The van der Waals surface area contributed by atoms with Gasteiger partial charge in [-0.1, -0.05) is 50.9 Å². The van der Waals surface area contributed by atoms with E-state index >= 15 is 0 Å². The molecular formula is C17H26ClN. The van der Waals surface area contributed by atoms with Crippen molar-refractivity contribution in [2.24, 2.45) is 5.41 Å². The first kappa shape index (κ1) is 14.9. The highest BCUT2D eigenvalue weighted by Crippen LogP contribution is 2.38. The molecule has 1 aliphatic rings. The first-order chi connectivity index (χ1) is 9.00. The second-order valence-corrected chi connectivity index (χ2v) is 7.10. The number of hydrogen-bond acceptors (Lipinski definition) is 1. The smallest absolute Gasteiger partial charge is 0.0406 e. The molecule has 0 amide bonds. The molecule has 2 atom stereocenters. The molecule has 1 saturated carbocycles. The maximum atomic E-state index is 5.98. The van der Waals surface area contributed by atoms with E-state index < -0.39 is 0 Å². The molecule has 1 aromatic rings. The molecule has 0 saturated heterocycles. The van der Waals surface area contributed by atoms with Crippen LogP contribution < -0.4 is 5.32 Å². The molecule has 0 radical (unpaired) electrons. The van der Waals surface area contributed by atoms with Gasteiger partial charge in [0.1, 0.15) is 0 Å². The van der Waals surface area contributed by atoms with Crippen molar-refractivity contribution in [3.8, 4) is 0 Å². The van der Waals surface area contributed by atoms with Crippen LogP contribution in [0.4, 0.5) is 0 Å². The molecule has 2 rings (SSSR count). The van der Waals surface area contributed by atoms with Crippen LogP contribution in [0.15, 0.2) is 24.3 Å². The summed E-state index contributed by atoms with van der Waals surface area (Å²) in [6.45, 7) is 7.01. The lowest BCUT2D eigenvalue weighted by atomic mass is 9.91. The van der Waals surface area contributed by atoms with E-state index in [1.54, 1.807) is 0 Å². The molecule has 0 aliphatic heterocycles. The third-order valence-corrected chi connectivity index (χ3v) is 4.51. The van der Waals surface area contributed by atoms with E-state index in [-0.39, 0.29) is 0 Å². The molecule has 0 bridgehead atoms. The lowest BCUT2D eigenvalue weighted by molar-refractivity contribution is 0.347. The van der Waals surface area contributed by atoms with Gasteiger partial charge in [-0.2, -0.15) is 0 Å². The van der Waals surface area contributed by atoms with Crippen LogP contribution in [0, 0.1) is 5.41 Å². The Morgan fingerprint density at radius 1 is 1.32 bits per heavy atom. The third-order valence-electron chi connectivity index (χ3n) is 4.26. The zero-order valence-corrected chi connectivity index (χ0v) is 13.1. The Morgan fingerprint density at radius 2 is 2.00 bits per heavy atom. The first-order valence-corrected chi connectivity index (χ1v) is 7.89. The van der Waals surface area contributed by atoms with E-state index in [9.17, 15) is 0 Å². The summed E-state index contributed by atoms with van der Waals surface area (Å²) < 4.78 is 0. The molecular weight excluding hydrogens is 254 g/mol. The van der Waals surface area contributed by atoms with E-state index in [1.807, 2.05) is 12.1 Å². The van der Waals surface area contributed by atoms with Crippen LogP contribution in [0.3, 0.4) is 0 Å². The fourth-order valence-electron chi connectivity index (χ4n) is 3.19. The summed E-state index contributed by atoms with van der Waals surface area (Å²) in [7, 11) is 0. The van der Waals surface area contributed by atoms with Gasteiger partial charge in [0.15, 0.2) is 0 Å². The third kappa shape index (κ3) is 4.22. The Kier molecular flexibility index (Phi) is 4.92. The number of rotatable bonds is 5. The molecule has 1 N–H and O–H groups in total. The molecule has 2 heteroatoms. The lowest BCUT2D eigenvalue weighted by Gasteiger charge is -2.24. The monoisotopic (exact) mass is 279 g/mol. The van der Waals surface area contributed by atoms with E-state index in [0.29, 0.717) is 17.5 Å². The molecule has 0 aromatic heterocycles. The predicted molar refractivity (Wildman–Crippen MR) is 83.7 cm³/mol. The highest BCUT2D eigenvalue weighted by molar-refractivity contribution is 6.30. The standard InChI is InChI=1S/C17H26ClN/c1-4-5-16(13-6-8-14(18)9-7-13)19-15-10-11-17(2,3)12-15/h6-9,15-16,19H,4-5,10-12H2,1-3H3. The van der Waals surface area contributed by atoms with Gasteiger partial charge in [-0.15, -0.1) is 0 Å². The zero-order chi connectivity index (χ0) is 13.9. The van der Waals surface area contributed by atoms with Crippen LogP contribution in [0.25, 0.3) is 0 Å². The van der Waals surface area contributed by atoms with Crippen molar-refractivity contribution in [3.05, 3.63) is 34.9 Å². The number of hydrogen-bond donors (Lipinski definition) is 1.